The molecule has 0 aromatic heterocycles. The van der Waals surface area contributed by atoms with Crippen molar-refractivity contribution in [2.24, 2.45) is 41.4 Å². The van der Waals surface area contributed by atoms with E-state index in [1.54, 1.807) is 0 Å². The van der Waals surface area contributed by atoms with Gasteiger partial charge in [0.25, 0.3) is 0 Å². The molecule has 2 rings (SSSR count). The summed E-state index contributed by atoms with van der Waals surface area (Å²) in [5, 5.41) is 0. The highest BCUT2D eigenvalue weighted by Gasteiger charge is 2.29. The van der Waals surface area contributed by atoms with E-state index in [1.807, 2.05) is 27.7 Å². The molecule has 0 amide bonds. The third-order valence-electron chi connectivity index (χ3n) is 7.59. The molecular formula is C26H54. The summed E-state index contributed by atoms with van der Waals surface area (Å²) in [5.41, 5.74) is 0. The Hall–Kier alpha value is 0. The van der Waals surface area contributed by atoms with Crippen molar-refractivity contribution < 1.29 is 0 Å². The molecule has 2 fully saturated rings. The quantitative estimate of drug-likeness (QED) is 0.336. The molecule has 2 saturated carbocycles. The lowest BCUT2D eigenvalue weighted by Crippen LogP contribution is -2.27. The lowest BCUT2D eigenvalue weighted by molar-refractivity contribution is 0.133. The maximum Gasteiger partial charge on any atom is -0.0388 e. The zero-order valence-electron chi connectivity index (χ0n) is 20.1. The molecule has 0 saturated heterocycles. The van der Waals surface area contributed by atoms with Gasteiger partial charge in [0.2, 0.25) is 0 Å². The SMILES string of the molecule is CC.CC.CC1CCC(C)C(CCCCC2CC(C)C(C)C(C)C2)CC1. The normalized spacial score (nSPS) is 37.5. The second kappa shape index (κ2) is 15.0. The van der Waals surface area contributed by atoms with Gasteiger partial charge in [0, 0.05) is 0 Å². The third kappa shape index (κ3) is 9.27. The van der Waals surface area contributed by atoms with Crippen LogP contribution in [0.3, 0.4) is 0 Å². The third-order valence-corrected chi connectivity index (χ3v) is 7.59. The van der Waals surface area contributed by atoms with Crippen LogP contribution in [-0.4, -0.2) is 0 Å². The average molecular weight is 367 g/mol. The predicted octanol–water partition coefficient (Wildman–Crippen LogP) is 9.38. The van der Waals surface area contributed by atoms with E-state index in [1.165, 1.54) is 64.2 Å². The van der Waals surface area contributed by atoms with Crippen molar-refractivity contribution in [2.75, 3.05) is 0 Å². The zero-order valence-corrected chi connectivity index (χ0v) is 20.1. The highest BCUT2D eigenvalue weighted by molar-refractivity contribution is 4.80. The summed E-state index contributed by atoms with van der Waals surface area (Å²) in [4.78, 5) is 0. The van der Waals surface area contributed by atoms with Crippen molar-refractivity contribution in [2.45, 2.75) is 127 Å². The molecule has 0 aliphatic heterocycles. The van der Waals surface area contributed by atoms with Gasteiger partial charge >= 0.3 is 0 Å². The van der Waals surface area contributed by atoms with Crippen LogP contribution < -0.4 is 0 Å². The van der Waals surface area contributed by atoms with Gasteiger partial charge in [-0.1, -0.05) is 107 Å². The monoisotopic (exact) mass is 366 g/mol. The molecule has 5 unspecified atom stereocenters. The molecule has 0 bridgehead atoms. The van der Waals surface area contributed by atoms with E-state index in [-0.39, 0.29) is 0 Å². The Balaban J connectivity index is 0.00000146. The molecule has 0 heteroatoms. The van der Waals surface area contributed by atoms with E-state index in [0.29, 0.717) is 0 Å². The number of hydrogen-bond donors (Lipinski definition) is 0. The van der Waals surface area contributed by atoms with Crippen LogP contribution in [-0.2, 0) is 0 Å². The molecule has 0 heterocycles. The molecule has 5 atom stereocenters. The first-order valence-electron chi connectivity index (χ1n) is 12.5. The molecule has 158 valence electrons. The summed E-state index contributed by atoms with van der Waals surface area (Å²) in [6.07, 6.45) is 15.0. The number of hydrogen-bond acceptors (Lipinski definition) is 0. The van der Waals surface area contributed by atoms with E-state index in [0.717, 1.165) is 41.4 Å². The van der Waals surface area contributed by atoms with E-state index in [4.69, 9.17) is 0 Å². The fraction of sp³-hybridized carbons (Fsp3) is 1.00. The van der Waals surface area contributed by atoms with Crippen LogP contribution in [0.25, 0.3) is 0 Å². The van der Waals surface area contributed by atoms with Gasteiger partial charge in [0.05, 0.1) is 0 Å². The molecule has 2 aliphatic carbocycles. The minimum atomic E-state index is 0.949. The van der Waals surface area contributed by atoms with Crippen molar-refractivity contribution in [3.63, 3.8) is 0 Å². The molecule has 0 aromatic rings. The molecule has 0 spiro atoms. The predicted molar refractivity (Wildman–Crippen MR) is 122 cm³/mol. The summed E-state index contributed by atoms with van der Waals surface area (Å²) in [6.45, 7) is 20.4. The topological polar surface area (TPSA) is 0 Å². The van der Waals surface area contributed by atoms with Gasteiger partial charge in [0.1, 0.15) is 0 Å². The summed E-state index contributed by atoms with van der Waals surface area (Å²) < 4.78 is 0. The van der Waals surface area contributed by atoms with Gasteiger partial charge in [-0.05, 0) is 60.7 Å². The summed E-state index contributed by atoms with van der Waals surface area (Å²) in [7, 11) is 0. The maximum atomic E-state index is 2.52. The van der Waals surface area contributed by atoms with Gasteiger partial charge in [-0.15, -0.1) is 0 Å². The molecule has 26 heavy (non-hydrogen) atoms. The van der Waals surface area contributed by atoms with E-state index in [2.05, 4.69) is 34.6 Å². The van der Waals surface area contributed by atoms with E-state index in [9.17, 15) is 0 Å². The standard InChI is InChI=1S/C22H42.2C2H6/c1-16-10-12-17(2)22(13-11-16)9-7-6-8-21-14-18(3)20(5)19(4)15-21;2*1-2/h16-22H,6-15H2,1-5H3;2*1-2H3. The summed E-state index contributed by atoms with van der Waals surface area (Å²) >= 11 is 0. The van der Waals surface area contributed by atoms with Crippen molar-refractivity contribution in [3.8, 4) is 0 Å². The fourth-order valence-corrected chi connectivity index (χ4v) is 5.35. The Morgan fingerprint density at radius 1 is 0.577 bits per heavy atom. The molecule has 0 radical (unpaired) electrons. The van der Waals surface area contributed by atoms with Crippen LogP contribution in [0.2, 0.25) is 0 Å². The first-order valence-corrected chi connectivity index (χ1v) is 12.5. The van der Waals surface area contributed by atoms with Gasteiger partial charge in [-0.2, -0.15) is 0 Å². The van der Waals surface area contributed by atoms with Crippen molar-refractivity contribution >= 4 is 0 Å². The second-order valence-corrected chi connectivity index (χ2v) is 9.43. The van der Waals surface area contributed by atoms with Crippen LogP contribution >= 0.6 is 0 Å². The smallest absolute Gasteiger partial charge is 0.0388 e. The van der Waals surface area contributed by atoms with Gasteiger partial charge < -0.3 is 0 Å². The summed E-state index contributed by atoms with van der Waals surface area (Å²) in [6, 6.07) is 0. The van der Waals surface area contributed by atoms with Crippen LogP contribution in [0.15, 0.2) is 0 Å². The Morgan fingerprint density at radius 2 is 1.08 bits per heavy atom. The maximum absolute atomic E-state index is 2.52. The largest absolute Gasteiger partial charge is 0.0683 e. The fourth-order valence-electron chi connectivity index (χ4n) is 5.35. The molecule has 0 aromatic carbocycles. The molecule has 0 nitrogen and oxygen atoms in total. The zero-order chi connectivity index (χ0) is 20.1. The molecule has 2 aliphatic rings. The number of unbranched alkanes of at least 4 members (excludes halogenated alkanes) is 1. The van der Waals surface area contributed by atoms with Crippen molar-refractivity contribution in [1.29, 1.82) is 0 Å². The minimum absolute atomic E-state index is 0.949. The molecular weight excluding hydrogens is 312 g/mol. The number of rotatable bonds is 5. The highest BCUT2D eigenvalue weighted by Crippen LogP contribution is 2.40. The summed E-state index contributed by atoms with van der Waals surface area (Å²) in [5.74, 6) is 6.90. The average Bonchev–Trinajstić information content (AvgIpc) is 2.81. The van der Waals surface area contributed by atoms with Crippen LogP contribution in [0.4, 0.5) is 0 Å². The minimum Gasteiger partial charge on any atom is -0.0683 e. The van der Waals surface area contributed by atoms with Crippen LogP contribution in [0.5, 0.6) is 0 Å². The van der Waals surface area contributed by atoms with Gasteiger partial charge in [-0.25, -0.2) is 0 Å². The van der Waals surface area contributed by atoms with Crippen molar-refractivity contribution in [1.82, 2.24) is 0 Å². The van der Waals surface area contributed by atoms with Crippen molar-refractivity contribution in [3.05, 3.63) is 0 Å². The van der Waals surface area contributed by atoms with Gasteiger partial charge in [-0.3, -0.25) is 0 Å². The lowest BCUT2D eigenvalue weighted by Gasteiger charge is -2.37. The Morgan fingerprint density at radius 3 is 1.65 bits per heavy atom. The van der Waals surface area contributed by atoms with Gasteiger partial charge in [0.15, 0.2) is 0 Å². The van der Waals surface area contributed by atoms with Crippen LogP contribution in [0.1, 0.15) is 127 Å². The van der Waals surface area contributed by atoms with E-state index < -0.39 is 0 Å². The Bertz CT molecular complexity index is 295. The Labute approximate surface area is 168 Å². The Kier molecular flexibility index (Phi) is 15.0. The van der Waals surface area contributed by atoms with E-state index >= 15 is 0 Å². The molecule has 0 N–H and O–H groups in total. The first kappa shape index (κ1) is 26.0. The second-order valence-electron chi connectivity index (χ2n) is 9.43. The lowest BCUT2D eigenvalue weighted by atomic mass is 9.69. The first-order chi connectivity index (χ1) is 12.5. The highest BCUT2D eigenvalue weighted by atomic mass is 14.3. The van der Waals surface area contributed by atoms with Crippen LogP contribution in [0, 0.1) is 41.4 Å².